The summed E-state index contributed by atoms with van der Waals surface area (Å²) in [6.45, 7) is 0. The van der Waals surface area contributed by atoms with Crippen LogP contribution in [0, 0.1) is 29.0 Å². The van der Waals surface area contributed by atoms with Gasteiger partial charge in [-0.05, 0) is 62.3 Å². The molecule has 4 bridgehead atoms. The fourth-order valence-electron chi connectivity index (χ4n) is 5.28. The Labute approximate surface area is 133 Å². The van der Waals surface area contributed by atoms with Crippen molar-refractivity contribution >= 4 is 23.2 Å². The van der Waals surface area contributed by atoms with E-state index in [1.807, 2.05) is 0 Å². The van der Waals surface area contributed by atoms with Gasteiger partial charge in [0.1, 0.15) is 11.6 Å². The molecule has 22 heavy (non-hydrogen) atoms. The van der Waals surface area contributed by atoms with Crippen LogP contribution < -0.4 is 5.32 Å². The van der Waals surface area contributed by atoms with Crippen LogP contribution in [0.25, 0.3) is 0 Å². The van der Waals surface area contributed by atoms with Crippen LogP contribution in [0.3, 0.4) is 0 Å². The second-order valence-electron chi connectivity index (χ2n) is 7.44. The molecule has 118 valence electrons. The number of amides is 1. The summed E-state index contributed by atoms with van der Waals surface area (Å²) in [4.78, 5) is 12.8. The number of nitrogens with one attached hydrogen (secondary N) is 1. The molecule has 3 nitrogen and oxygen atoms in total. The molecule has 0 spiro atoms. The number of phenols is 1. The summed E-state index contributed by atoms with van der Waals surface area (Å²) in [5, 5.41) is 12.2. The number of hydrogen-bond donors (Lipinski definition) is 2. The van der Waals surface area contributed by atoms with E-state index in [9.17, 15) is 14.3 Å². The van der Waals surface area contributed by atoms with Crippen molar-refractivity contribution in [3.63, 3.8) is 0 Å². The quantitative estimate of drug-likeness (QED) is 0.795. The SMILES string of the molecule is O=C(Nc1cc(Cl)c(O)cc1F)C12CC3CC(CC(C3)C1)C2. The second kappa shape index (κ2) is 4.85. The lowest BCUT2D eigenvalue weighted by Crippen LogP contribution is -2.51. The minimum absolute atomic E-state index is 0.0437. The maximum Gasteiger partial charge on any atom is 0.230 e. The fraction of sp³-hybridized carbons (Fsp3) is 0.588. The van der Waals surface area contributed by atoms with Crippen molar-refractivity contribution in [3.05, 3.63) is 23.0 Å². The molecule has 0 saturated heterocycles. The van der Waals surface area contributed by atoms with Gasteiger partial charge < -0.3 is 10.4 Å². The average Bonchev–Trinajstić information content (AvgIpc) is 2.43. The topological polar surface area (TPSA) is 49.3 Å². The van der Waals surface area contributed by atoms with Crippen LogP contribution in [0.1, 0.15) is 38.5 Å². The predicted molar refractivity (Wildman–Crippen MR) is 82.3 cm³/mol. The first-order valence-electron chi connectivity index (χ1n) is 7.95. The zero-order valence-electron chi connectivity index (χ0n) is 12.2. The Hall–Kier alpha value is -1.29. The molecule has 4 aliphatic rings. The molecule has 4 saturated carbocycles. The largest absolute Gasteiger partial charge is 0.506 e. The molecule has 1 aromatic carbocycles. The summed E-state index contributed by atoms with van der Waals surface area (Å²) >= 11 is 5.82. The van der Waals surface area contributed by atoms with Gasteiger partial charge >= 0.3 is 0 Å². The molecule has 4 aliphatic carbocycles. The van der Waals surface area contributed by atoms with Gasteiger partial charge in [-0.15, -0.1) is 0 Å². The van der Waals surface area contributed by atoms with Gasteiger partial charge in [0.15, 0.2) is 0 Å². The first kappa shape index (κ1) is 14.3. The summed E-state index contributed by atoms with van der Waals surface area (Å²) < 4.78 is 13.9. The van der Waals surface area contributed by atoms with Gasteiger partial charge in [-0.2, -0.15) is 0 Å². The minimum atomic E-state index is -0.653. The lowest BCUT2D eigenvalue weighted by Gasteiger charge is -2.55. The van der Waals surface area contributed by atoms with Crippen LogP contribution in [0.4, 0.5) is 10.1 Å². The van der Waals surface area contributed by atoms with Gasteiger partial charge in [0.2, 0.25) is 5.91 Å². The number of benzene rings is 1. The van der Waals surface area contributed by atoms with Crippen LogP contribution in [0.2, 0.25) is 5.02 Å². The number of rotatable bonds is 2. The van der Waals surface area contributed by atoms with Crippen LogP contribution in [-0.2, 0) is 4.79 Å². The summed E-state index contributed by atoms with van der Waals surface area (Å²) in [6.07, 6.45) is 6.55. The summed E-state index contributed by atoms with van der Waals surface area (Å²) in [6, 6.07) is 2.22. The Morgan fingerprint density at radius 2 is 1.73 bits per heavy atom. The third-order valence-corrected chi connectivity index (χ3v) is 6.11. The van der Waals surface area contributed by atoms with Gasteiger partial charge in [-0.3, -0.25) is 4.79 Å². The van der Waals surface area contributed by atoms with E-state index < -0.39 is 5.82 Å². The molecule has 0 aromatic heterocycles. The van der Waals surface area contributed by atoms with E-state index in [0.717, 1.165) is 25.3 Å². The van der Waals surface area contributed by atoms with E-state index in [-0.39, 0.29) is 27.8 Å². The van der Waals surface area contributed by atoms with Gasteiger partial charge in [0, 0.05) is 6.07 Å². The van der Waals surface area contributed by atoms with Crippen molar-refractivity contribution in [2.75, 3.05) is 5.32 Å². The molecule has 4 fully saturated rings. The minimum Gasteiger partial charge on any atom is -0.506 e. The summed E-state index contributed by atoms with van der Waals surface area (Å²) in [5.41, 5.74) is -0.269. The average molecular weight is 324 g/mol. The van der Waals surface area contributed by atoms with Crippen LogP contribution in [0.5, 0.6) is 5.75 Å². The second-order valence-corrected chi connectivity index (χ2v) is 7.84. The van der Waals surface area contributed by atoms with E-state index in [0.29, 0.717) is 17.8 Å². The third-order valence-electron chi connectivity index (χ3n) is 5.80. The van der Waals surface area contributed by atoms with E-state index in [4.69, 9.17) is 11.6 Å². The Morgan fingerprint density at radius 3 is 2.27 bits per heavy atom. The summed E-state index contributed by atoms with van der Waals surface area (Å²) in [5.74, 6) is 0.931. The number of aromatic hydroxyl groups is 1. The number of anilines is 1. The van der Waals surface area contributed by atoms with Crippen molar-refractivity contribution in [1.82, 2.24) is 0 Å². The molecule has 0 radical (unpaired) electrons. The van der Waals surface area contributed by atoms with E-state index in [2.05, 4.69) is 5.32 Å². The highest BCUT2D eigenvalue weighted by atomic mass is 35.5. The van der Waals surface area contributed by atoms with Gasteiger partial charge in [0.25, 0.3) is 0 Å². The fourth-order valence-corrected chi connectivity index (χ4v) is 5.44. The molecular formula is C17H19ClFNO2. The number of carbonyl (C=O) groups excluding carboxylic acids is 1. The molecule has 0 heterocycles. The normalized spacial score (nSPS) is 35.6. The monoisotopic (exact) mass is 323 g/mol. The third kappa shape index (κ3) is 2.19. The maximum atomic E-state index is 13.9. The number of halogens is 2. The van der Waals surface area contributed by atoms with Crippen molar-refractivity contribution in [2.24, 2.45) is 23.2 Å². The molecule has 2 N–H and O–H groups in total. The lowest BCUT2D eigenvalue weighted by atomic mass is 9.49. The zero-order valence-corrected chi connectivity index (χ0v) is 13.0. The number of hydrogen-bond acceptors (Lipinski definition) is 2. The lowest BCUT2D eigenvalue weighted by molar-refractivity contribution is -0.140. The van der Waals surface area contributed by atoms with Gasteiger partial charge in [-0.25, -0.2) is 4.39 Å². The molecule has 5 heteroatoms. The van der Waals surface area contributed by atoms with Crippen LogP contribution in [0.15, 0.2) is 12.1 Å². The molecule has 0 atom stereocenters. The molecule has 5 rings (SSSR count). The Bertz CT molecular complexity index is 611. The number of phenolic OH excluding ortho intramolecular Hbond substituents is 1. The Balaban J connectivity index is 1.59. The highest BCUT2D eigenvalue weighted by Crippen LogP contribution is 2.60. The van der Waals surface area contributed by atoms with E-state index in [1.54, 1.807) is 0 Å². The first-order valence-corrected chi connectivity index (χ1v) is 8.32. The molecular weight excluding hydrogens is 305 g/mol. The number of carbonyl (C=O) groups is 1. The maximum absolute atomic E-state index is 13.9. The van der Waals surface area contributed by atoms with Crippen molar-refractivity contribution < 1.29 is 14.3 Å². The van der Waals surface area contributed by atoms with E-state index in [1.165, 1.54) is 25.3 Å². The Kier molecular flexibility index (Phi) is 3.16. The Morgan fingerprint density at radius 1 is 1.18 bits per heavy atom. The van der Waals surface area contributed by atoms with Crippen LogP contribution >= 0.6 is 11.6 Å². The molecule has 1 aromatic rings. The van der Waals surface area contributed by atoms with Crippen molar-refractivity contribution in [1.29, 1.82) is 0 Å². The van der Waals surface area contributed by atoms with Crippen LogP contribution in [-0.4, -0.2) is 11.0 Å². The highest BCUT2D eigenvalue weighted by molar-refractivity contribution is 6.32. The predicted octanol–water partition coefficient (Wildman–Crippen LogP) is 4.34. The standard InChI is InChI=1S/C17H19ClFNO2/c18-12-4-14(13(19)5-15(12)21)20-16(22)17-6-9-1-10(7-17)3-11(2-9)8-17/h4-5,9-11,21H,1-3,6-8H2,(H,20,22). The highest BCUT2D eigenvalue weighted by Gasteiger charge is 2.54. The molecule has 0 aliphatic heterocycles. The zero-order chi connectivity index (χ0) is 15.5. The van der Waals surface area contributed by atoms with E-state index >= 15 is 0 Å². The molecule has 1 amide bonds. The summed E-state index contributed by atoms with van der Waals surface area (Å²) in [7, 11) is 0. The van der Waals surface area contributed by atoms with Gasteiger partial charge in [0.05, 0.1) is 16.1 Å². The smallest absolute Gasteiger partial charge is 0.230 e. The van der Waals surface area contributed by atoms with Crippen molar-refractivity contribution in [2.45, 2.75) is 38.5 Å². The molecule has 0 unspecified atom stereocenters. The first-order chi connectivity index (χ1) is 10.4. The van der Waals surface area contributed by atoms with Crippen molar-refractivity contribution in [3.8, 4) is 5.75 Å². The van der Waals surface area contributed by atoms with Gasteiger partial charge in [-0.1, -0.05) is 11.6 Å².